The molecule has 1 aromatic carbocycles. The van der Waals surface area contributed by atoms with Crippen LogP contribution in [0.1, 0.15) is 25.5 Å². The summed E-state index contributed by atoms with van der Waals surface area (Å²) in [4.78, 5) is 2.18. The second-order valence-corrected chi connectivity index (χ2v) is 4.49. The van der Waals surface area contributed by atoms with Crippen LogP contribution < -0.4 is 10.1 Å². The summed E-state index contributed by atoms with van der Waals surface area (Å²) in [5, 5.41) is 3.31. The SMILES string of the molecule is CCN(C)CCNC(C)c1ccccc1OC(F)F. The number of hydrogen-bond donors (Lipinski definition) is 1. The van der Waals surface area contributed by atoms with Crippen LogP contribution in [0, 0.1) is 0 Å². The van der Waals surface area contributed by atoms with Crippen LogP contribution in [0.15, 0.2) is 24.3 Å². The van der Waals surface area contributed by atoms with Crippen molar-refractivity contribution in [3.05, 3.63) is 29.8 Å². The van der Waals surface area contributed by atoms with E-state index in [1.807, 2.05) is 20.0 Å². The highest BCUT2D eigenvalue weighted by molar-refractivity contribution is 5.35. The van der Waals surface area contributed by atoms with Gasteiger partial charge in [-0.2, -0.15) is 8.78 Å². The average molecular weight is 272 g/mol. The molecule has 0 bridgehead atoms. The van der Waals surface area contributed by atoms with E-state index in [2.05, 4.69) is 21.9 Å². The largest absolute Gasteiger partial charge is 0.434 e. The van der Waals surface area contributed by atoms with Crippen LogP contribution in [0.2, 0.25) is 0 Å². The highest BCUT2D eigenvalue weighted by atomic mass is 19.3. The third-order valence-electron chi connectivity index (χ3n) is 3.09. The Morgan fingerprint density at radius 3 is 2.63 bits per heavy atom. The normalized spacial score (nSPS) is 13.0. The molecule has 0 aromatic heterocycles. The zero-order valence-corrected chi connectivity index (χ0v) is 11.7. The number of halogens is 2. The van der Waals surface area contributed by atoms with Gasteiger partial charge in [0, 0.05) is 24.7 Å². The summed E-state index contributed by atoms with van der Waals surface area (Å²) in [6.07, 6.45) is 0. The van der Waals surface area contributed by atoms with Crippen LogP contribution in [-0.2, 0) is 0 Å². The second-order valence-electron chi connectivity index (χ2n) is 4.49. The predicted molar refractivity (Wildman–Crippen MR) is 72.7 cm³/mol. The van der Waals surface area contributed by atoms with Crippen LogP contribution in [0.3, 0.4) is 0 Å². The van der Waals surface area contributed by atoms with E-state index >= 15 is 0 Å². The lowest BCUT2D eigenvalue weighted by Crippen LogP contribution is -2.30. The summed E-state index contributed by atoms with van der Waals surface area (Å²) in [5.74, 6) is 0.237. The van der Waals surface area contributed by atoms with Crippen molar-refractivity contribution in [3.8, 4) is 5.75 Å². The Bertz CT molecular complexity index is 374. The van der Waals surface area contributed by atoms with Crippen molar-refractivity contribution in [3.63, 3.8) is 0 Å². The lowest BCUT2D eigenvalue weighted by Gasteiger charge is -2.20. The van der Waals surface area contributed by atoms with Crippen LogP contribution >= 0.6 is 0 Å². The number of hydrogen-bond acceptors (Lipinski definition) is 3. The summed E-state index contributed by atoms with van der Waals surface area (Å²) in [6, 6.07) is 6.86. The molecule has 0 aliphatic carbocycles. The number of benzene rings is 1. The van der Waals surface area contributed by atoms with Gasteiger partial charge in [-0.25, -0.2) is 0 Å². The van der Waals surface area contributed by atoms with Crippen molar-refractivity contribution in [2.45, 2.75) is 26.5 Å². The van der Waals surface area contributed by atoms with Crippen molar-refractivity contribution in [1.82, 2.24) is 10.2 Å². The molecule has 1 unspecified atom stereocenters. The highest BCUT2D eigenvalue weighted by Gasteiger charge is 2.13. The number of rotatable bonds is 8. The standard InChI is InChI=1S/C14H22F2N2O/c1-4-18(3)10-9-17-11(2)12-7-5-6-8-13(12)19-14(15)16/h5-8,11,14,17H,4,9-10H2,1-3H3. The van der Waals surface area contributed by atoms with Gasteiger partial charge in [-0.15, -0.1) is 0 Å². The molecule has 1 rings (SSSR count). The molecule has 0 aliphatic rings. The van der Waals surface area contributed by atoms with E-state index in [1.54, 1.807) is 18.2 Å². The fourth-order valence-corrected chi connectivity index (χ4v) is 1.78. The van der Waals surface area contributed by atoms with Crippen LogP contribution in [0.5, 0.6) is 5.75 Å². The highest BCUT2D eigenvalue weighted by Crippen LogP contribution is 2.25. The molecule has 108 valence electrons. The first kappa shape index (κ1) is 15.9. The molecule has 0 saturated heterocycles. The first-order chi connectivity index (χ1) is 9.04. The predicted octanol–water partition coefficient (Wildman–Crippen LogP) is 2.89. The van der Waals surface area contributed by atoms with Gasteiger partial charge in [0.25, 0.3) is 0 Å². The van der Waals surface area contributed by atoms with Crippen molar-refractivity contribution in [2.75, 3.05) is 26.7 Å². The van der Waals surface area contributed by atoms with E-state index in [9.17, 15) is 8.78 Å². The molecular weight excluding hydrogens is 250 g/mol. The molecule has 1 aromatic rings. The van der Waals surface area contributed by atoms with Gasteiger partial charge in [0.15, 0.2) is 0 Å². The molecule has 0 aliphatic heterocycles. The second kappa shape index (κ2) is 8.07. The van der Waals surface area contributed by atoms with Gasteiger partial charge in [-0.05, 0) is 26.6 Å². The minimum absolute atomic E-state index is 0.0276. The summed E-state index contributed by atoms with van der Waals surface area (Å²) in [6.45, 7) is 3.95. The Labute approximate surface area is 113 Å². The molecule has 0 radical (unpaired) electrons. The summed E-state index contributed by atoms with van der Waals surface area (Å²) in [5.41, 5.74) is 0.752. The van der Waals surface area contributed by atoms with Crippen LogP contribution in [-0.4, -0.2) is 38.2 Å². The summed E-state index contributed by atoms with van der Waals surface area (Å²) in [7, 11) is 2.04. The molecule has 19 heavy (non-hydrogen) atoms. The maximum atomic E-state index is 12.3. The van der Waals surface area contributed by atoms with Gasteiger partial charge in [0.1, 0.15) is 5.75 Å². The zero-order chi connectivity index (χ0) is 14.3. The lowest BCUT2D eigenvalue weighted by molar-refractivity contribution is -0.0506. The Morgan fingerprint density at radius 2 is 2.00 bits per heavy atom. The van der Waals surface area contributed by atoms with Gasteiger partial charge in [-0.1, -0.05) is 25.1 Å². The Hall–Kier alpha value is -1.20. The van der Waals surface area contributed by atoms with E-state index in [-0.39, 0.29) is 11.8 Å². The van der Waals surface area contributed by atoms with Crippen molar-refractivity contribution in [1.29, 1.82) is 0 Å². The van der Waals surface area contributed by atoms with Gasteiger partial charge in [0.05, 0.1) is 0 Å². The third kappa shape index (κ3) is 5.53. The van der Waals surface area contributed by atoms with E-state index < -0.39 is 6.61 Å². The monoisotopic (exact) mass is 272 g/mol. The molecule has 0 heterocycles. The minimum Gasteiger partial charge on any atom is -0.434 e. The quantitative estimate of drug-likeness (QED) is 0.787. The van der Waals surface area contributed by atoms with Crippen molar-refractivity contribution < 1.29 is 13.5 Å². The number of nitrogens with zero attached hydrogens (tertiary/aromatic N) is 1. The molecule has 1 N–H and O–H groups in total. The number of para-hydroxylation sites is 1. The third-order valence-corrected chi connectivity index (χ3v) is 3.09. The van der Waals surface area contributed by atoms with E-state index in [4.69, 9.17) is 0 Å². The first-order valence-electron chi connectivity index (χ1n) is 6.50. The number of ether oxygens (including phenoxy) is 1. The molecule has 1 atom stereocenters. The smallest absolute Gasteiger partial charge is 0.387 e. The van der Waals surface area contributed by atoms with E-state index in [1.165, 1.54) is 0 Å². The van der Waals surface area contributed by atoms with Gasteiger partial charge < -0.3 is 15.0 Å². The number of nitrogens with one attached hydrogen (secondary N) is 1. The molecule has 5 heteroatoms. The molecule has 0 amide bonds. The summed E-state index contributed by atoms with van der Waals surface area (Å²) >= 11 is 0. The Kier molecular flexibility index (Phi) is 6.73. The Balaban J connectivity index is 2.58. The van der Waals surface area contributed by atoms with E-state index in [0.29, 0.717) is 0 Å². The molecule has 0 saturated carbocycles. The molecular formula is C14H22F2N2O. The maximum absolute atomic E-state index is 12.3. The van der Waals surface area contributed by atoms with Crippen molar-refractivity contribution >= 4 is 0 Å². The van der Waals surface area contributed by atoms with Crippen LogP contribution in [0.4, 0.5) is 8.78 Å². The minimum atomic E-state index is -2.79. The van der Waals surface area contributed by atoms with Crippen molar-refractivity contribution in [2.24, 2.45) is 0 Å². The fraction of sp³-hybridized carbons (Fsp3) is 0.571. The first-order valence-corrected chi connectivity index (χ1v) is 6.50. The average Bonchev–Trinajstić information content (AvgIpc) is 2.38. The Morgan fingerprint density at radius 1 is 1.32 bits per heavy atom. The zero-order valence-electron chi connectivity index (χ0n) is 11.7. The fourth-order valence-electron chi connectivity index (χ4n) is 1.78. The topological polar surface area (TPSA) is 24.5 Å². The molecule has 0 spiro atoms. The lowest BCUT2D eigenvalue weighted by atomic mass is 10.1. The molecule has 0 fully saturated rings. The van der Waals surface area contributed by atoms with Gasteiger partial charge in [-0.3, -0.25) is 0 Å². The van der Waals surface area contributed by atoms with Crippen LogP contribution in [0.25, 0.3) is 0 Å². The summed E-state index contributed by atoms with van der Waals surface area (Å²) < 4.78 is 29.2. The van der Waals surface area contributed by atoms with Gasteiger partial charge in [0.2, 0.25) is 0 Å². The number of likely N-dealkylation sites (N-methyl/N-ethyl adjacent to an activating group) is 1. The number of alkyl halides is 2. The maximum Gasteiger partial charge on any atom is 0.387 e. The molecule has 3 nitrogen and oxygen atoms in total. The van der Waals surface area contributed by atoms with Gasteiger partial charge >= 0.3 is 6.61 Å². The van der Waals surface area contributed by atoms with E-state index in [0.717, 1.165) is 25.2 Å².